The highest BCUT2D eigenvalue weighted by molar-refractivity contribution is 7.80. The molecule has 3 nitrogen and oxygen atoms in total. The van der Waals surface area contributed by atoms with E-state index < -0.39 is 0 Å². The molecule has 0 atom stereocenters. The van der Waals surface area contributed by atoms with Gasteiger partial charge in [0.2, 0.25) is 0 Å². The van der Waals surface area contributed by atoms with Gasteiger partial charge in [-0.05, 0) is 35.7 Å². The molecular weight excluding hydrogens is 304 g/mol. The number of H-pyrrole nitrogens is 1. The normalized spacial score (nSPS) is 10.7. The summed E-state index contributed by atoms with van der Waals surface area (Å²) < 4.78 is 5.16. The minimum atomic E-state index is 0.747. The SMILES string of the molecule is COc1ccc(CNC(=S)CCc2c[nH]c3ccccc23)cc1. The van der Waals surface area contributed by atoms with E-state index in [9.17, 15) is 0 Å². The zero-order chi connectivity index (χ0) is 16.1. The van der Waals surface area contributed by atoms with Crippen molar-refractivity contribution in [1.29, 1.82) is 0 Å². The Morgan fingerprint density at radius 1 is 1.13 bits per heavy atom. The first kappa shape index (κ1) is 15.6. The fourth-order valence-electron chi connectivity index (χ4n) is 2.62. The van der Waals surface area contributed by atoms with Gasteiger partial charge < -0.3 is 15.0 Å². The summed E-state index contributed by atoms with van der Waals surface area (Å²) in [5, 5.41) is 4.61. The second kappa shape index (κ2) is 7.29. The van der Waals surface area contributed by atoms with Gasteiger partial charge in [0, 0.05) is 30.1 Å². The summed E-state index contributed by atoms with van der Waals surface area (Å²) in [4.78, 5) is 4.20. The molecule has 118 valence electrons. The van der Waals surface area contributed by atoms with Crippen molar-refractivity contribution in [3.63, 3.8) is 0 Å². The van der Waals surface area contributed by atoms with Gasteiger partial charge in [-0.2, -0.15) is 0 Å². The number of aryl methyl sites for hydroxylation is 1. The van der Waals surface area contributed by atoms with E-state index in [1.54, 1.807) is 7.11 Å². The van der Waals surface area contributed by atoms with Gasteiger partial charge in [0.25, 0.3) is 0 Å². The van der Waals surface area contributed by atoms with E-state index in [2.05, 4.69) is 34.7 Å². The van der Waals surface area contributed by atoms with E-state index in [0.29, 0.717) is 0 Å². The fraction of sp³-hybridized carbons (Fsp3) is 0.211. The van der Waals surface area contributed by atoms with Crippen LogP contribution in [0.1, 0.15) is 17.5 Å². The van der Waals surface area contributed by atoms with Crippen molar-refractivity contribution in [3.05, 3.63) is 65.9 Å². The van der Waals surface area contributed by atoms with Crippen LogP contribution < -0.4 is 10.1 Å². The van der Waals surface area contributed by atoms with Crippen LogP contribution in [0.5, 0.6) is 5.75 Å². The number of fused-ring (bicyclic) bond motifs is 1. The maximum atomic E-state index is 5.45. The molecule has 2 aromatic carbocycles. The number of nitrogens with one attached hydrogen (secondary N) is 2. The molecule has 0 unspecified atom stereocenters. The molecule has 2 N–H and O–H groups in total. The number of thiocarbonyl (C=S) groups is 1. The number of ether oxygens (including phenoxy) is 1. The van der Waals surface area contributed by atoms with Gasteiger partial charge in [-0.15, -0.1) is 0 Å². The summed E-state index contributed by atoms with van der Waals surface area (Å²) in [6.07, 6.45) is 3.88. The maximum absolute atomic E-state index is 5.45. The Bertz CT molecular complexity index is 792. The van der Waals surface area contributed by atoms with Gasteiger partial charge in [0.05, 0.1) is 12.1 Å². The molecule has 0 saturated heterocycles. The highest BCUT2D eigenvalue weighted by Gasteiger charge is 2.04. The van der Waals surface area contributed by atoms with Crippen LogP contribution in [0.4, 0.5) is 0 Å². The van der Waals surface area contributed by atoms with E-state index in [0.717, 1.165) is 30.1 Å². The highest BCUT2D eigenvalue weighted by Crippen LogP contribution is 2.19. The molecule has 0 aliphatic rings. The topological polar surface area (TPSA) is 37.0 Å². The zero-order valence-electron chi connectivity index (χ0n) is 13.1. The predicted octanol–water partition coefficient (Wildman–Crippen LogP) is 4.23. The molecular formula is C19H20N2OS. The third kappa shape index (κ3) is 3.90. The Labute approximate surface area is 141 Å². The monoisotopic (exact) mass is 324 g/mol. The largest absolute Gasteiger partial charge is 0.497 e. The molecule has 0 spiro atoms. The van der Waals surface area contributed by atoms with E-state index in [1.165, 1.54) is 22.0 Å². The number of aromatic nitrogens is 1. The third-order valence-electron chi connectivity index (χ3n) is 3.95. The molecule has 0 aliphatic heterocycles. The summed E-state index contributed by atoms with van der Waals surface area (Å²) in [7, 11) is 1.67. The number of benzene rings is 2. The third-order valence-corrected chi connectivity index (χ3v) is 4.29. The van der Waals surface area contributed by atoms with Crippen molar-refractivity contribution in [1.82, 2.24) is 10.3 Å². The van der Waals surface area contributed by atoms with E-state index >= 15 is 0 Å². The molecule has 0 saturated carbocycles. The van der Waals surface area contributed by atoms with Crippen LogP contribution in [0.3, 0.4) is 0 Å². The Balaban J connectivity index is 1.51. The summed E-state index contributed by atoms with van der Waals surface area (Å²) in [5.41, 5.74) is 3.69. The van der Waals surface area contributed by atoms with E-state index in [-0.39, 0.29) is 0 Å². The summed E-state index contributed by atoms with van der Waals surface area (Å²) in [5.74, 6) is 0.871. The van der Waals surface area contributed by atoms with Gasteiger partial charge in [-0.3, -0.25) is 0 Å². The average molecular weight is 324 g/mol. The lowest BCUT2D eigenvalue weighted by atomic mass is 10.1. The van der Waals surface area contributed by atoms with Crippen molar-refractivity contribution < 1.29 is 4.74 Å². The standard InChI is InChI=1S/C19H20N2OS/c1-22-16-9-6-14(7-10-16)12-21-19(23)11-8-15-13-20-18-5-3-2-4-17(15)18/h2-7,9-10,13,20H,8,11-12H2,1H3,(H,21,23). The first-order valence-electron chi connectivity index (χ1n) is 7.71. The molecule has 0 bridgehead atoms. The van der Waals surface area contributed by atoms with E-state index in [4.69, 9.17) is 17.0 Å². The number of hydrogen-bond acceptors (Lipinski definition) is 2. The van der Waals surface area contributed by atoms with Gasteiger partial charge >= 0.3 is 0 Å². The van der Waals surface area contributed by atoms with Crippen LogP contribution >= 0.6 is 12.2 Å². The van der Waals surface area contributed by atoms with Crippen LogP contribution in [-0.2, 0) is 13.0 Å². The maximum Gasteiger partial charge on any atom is 0.118 e. The molecule has 0 fully saturated rings. The number of methoxy groups -OCH3 is 1. The second-order valence-corrected chi connectivity index (χ2v) is 5.98. The van der Waals surface area contributed by atoms with Crippen molar-refractivity contribution in [2.75, 3.05) is 7.11 Å². The Morgan fingerprint density at radius 2 is 1.91 bits per heavy atom. The van der Waals surface area contributed by atoms with E-state index in [1.807, 2.05) is 30.3 Å². The molecule has 3 aromatic rings. The number of hydrogen-bond donors (Lipinski definition) is 2. The Kier molecular flexibility index (Phi) is 4.93. The van der Waals surface area contributed by atoms with Crippen LogP contribution in [0.25, 0.3) is 10.9 Å². The average Bonchev–Trinajstić information content (AvgIpc) is 3.02. The second-order valence-electron chi connectivity index (χ2n) is 5.48. The summed E-state index contributed by atoms with van der Waals surface area (Å²) >= 11 is 5.45. The first-order chi connectivity index (χ1) is 11.3. The molecule has 0 aliphatic carbocycles. The molecule has 4 heteroatoms. The minimum Gasteiger partial charge on any atom is -0.497 e. The fourth-order valence-corrected chi connectivity index (χ4v) is 2.79. The smallest absolute Gasteiger partial charge is 0.118 e. The van der Waals surface area contributed by atoms with Crippen molar-refractivity contribution in [2.45, 2.75) is 19.4 Å². The molecule has 0 radical (unpaired) electrons. The van der Waals surface area contributed by atoms with Gasteiger partial charge in [0.15, 0.2) is 0 Å². The quantitative estimate of drug-likeness (QED) is 0.666. The van der Waals surface area contributed by atoms with Crippen molar-refractivity contribution >= 4 is 28.1 Å². The van der Waals surface area contributed by atoms with Crippen LogP contribution in [0.15, 0.2) is 54.7 Å². The number of para-hydroxylation sites is 1. The summed E-state index contributed by atoms with van der Waals surface area (Å²) in [6.45, 7) is 0.747. The van der Waals surface area contributed by atoms with Crippen molar-refractivity contribution in [3.8, 4) is 5.75 Å². The van der Waals surface area contributed by atoms with Crippen LogP contribution in [-0.4, -0.2) is 17.1 Å². The van der Waals surface area contributed by atoms with Gasteiger partial charge in [-0.1, -0.05) is 42.5 Å². The molecule has 3 rings (SSSR count). The lowest BCUT2D eigenvalue weighted by molar-refractivity contribution is 0.414. The first-order valence-corrected chi connectivity index (χ1v) is 8.12. The summed E-state index contributed by atoms with van der Waals surface area (Å²) in [6, 6.07) is 16.4. The Morgan fingerprint density at radius 3 is 2.70 bits per heavy atom. The van der Waals surface area contributed by atoms with Crippen LogP contribution in [0.2, 0.25) is 0 Å². The lowest BCUT2D eigenvalue weighted by Gasteiger charge is -2.08. The molecule has 1 heterocycles. The zero-order valence-corrected chi connectivity index (χ0v) is 14.0. The van der Waals surface area contributed by atoms with Crippen molar-refractivity contribution in [2.24, 2.45) is 0 Å². The lowest BCUT2D eigenvalue weighted by Crippen LogP contribution is -2.21. The van der Waals surface area contributed by atoms with Crippen LogP contribution in [0, 0.1) is 0 Å². The Hall–Kier alpha value is -2.33. The highest BCUT2D eigenvalue weighted by atomic mass is 32.1. The number of aromatic amines is 1. The van der Waals surface area contributed by atoms with Gasteiger partial charge in [-0.25, -0.2) is 0 Å². The van der Waals surface area contributed by atoms with Gasteiger partial charge in [0.1, 0.15) is 5.75 Å². The molecule has 23 heavy (non-hydrogen) atoms. The predicted molar refractivity (Wildman–Crippen MR) is 99.1 cm³/mol. The molecule has 1 aromatic heterocycles. The minimum absolute atomic E-state index is 0.747. The molecule has 0 amide bonds. The number of rotatable bonds is 6.